The molecular weight excluding hydrogens is 299 g/mol. The number of carbonyl (C=O) groups excluding carboxylic acids is 1. The number of rotatable bonds is 3. The SMILES string of the molecule is CC(C)(C)OC(=O)Nc1ccc(N)c(Oc2ccccc2)c1F. The highest BCUT2D eigenvalue weighted by molar-refractivity contribution is 5.86. The molecule has 1 amide bonds. The fraction of sp³-hybridized carbons (Fsp3) is 0.235. The molecule has 0 aliphatic rings. The maximum atomic E-state index is 14.5. The molecule has 0 atom stereocenters. The van der Waals surface area contributed by atoms with E-state index in [9.17, 15) is 9.18 Å². The van der Waals surface area contributed by atoms with Crippen LogP contribution in [0, 0.1) is 5.82 Å². The Bertz CT molecular complexity index is 697. The van der Waals surface area contributed by atoms with Gasteiger partial charge in [0.2, 0.25) is 0 Å². The molecule has 2 aromatic carbocycles. The van der Waals surface area contributed by atoms with Gasteiger partial charge in [-0.1, -0.05) is 18.2 Å². The Morgan fingerprint density at radius 1 is 1.13 bits per heavy atom. The quantitative estimate of drug-likeness (QED) is 0.814. The Hall–Kier alpha value is -2.76. The minimum atomic E-state index is -0.764. The van der Waals surface area contributed by atoms with Crippen LogP contribution >= 0.6 is 0 Å². The van der Waals surface area contributed by atoms with Gasteiger partial charge >= 0.3 is 6.09 Å². The summed E-state index contributed by atoms with van der Waals surface area (Å²) in [6, 6.07) is 11.5. The molecule has 0 spiro atoms. The third-order valence-corrected chi connectivity index (χ3v) is 2.73. The van der Waals surface area contributed by atoms with Crippen molar-refractivity contribution in [1.29, 1.82) is 0 Å². The summed E-state index contributed by atoms with van der Waals surface area (Å²) < 4.78 is 25.1. The molecule has 23 heavy (non-hydrogen) atoms. The first kappa shape index (κ1) is 16.6. The minimum absolute atomic E-state index is 0.0700. The first-order valence-corrected chi connectivity index (χ1v) is 7.07. The second kappa shape index (κ2) is 6.56. The normalized spacial score (nSPS) is 11.0. The van der Waals surface area contributed by atoms with Gasteiger partial charge in [0.15, 0.2) is 11.6 Å². The average molecular weight is 318 g/mol. The van der Waals surface area contributed by atoms with Crippen molar-refractivity contribution in [3.05, 3.63) is 48.3 Å². The smallest absolute Gasteiger partial charge is 0.412 e. The van der Waals surface area contributed by atoms with Crippen LogP contribution in [-0.2, 0) is 4.74 Å². The Kier molecular flexibility index (Phi) is 4.74. The molecule has 5 nitrogen and oxygen atoms in total. The zero-order valence-corrected chi connectivity index (χ0v) is 13.2. The summed E-state index contributed by atoms with van der Waals surface area (Å²) in [7, 11) is 0. The average Bonchev–Trinajstić information content (AvgIpc) is 2.46. The summed E-state index contributed by atoms with van der Waals surface area (Å²) in [5, 5.41) is 2.35. The van der Waals surface area contributed by atoms with Crippen molar-refractivity contribution in [2.24, 2.45) is 0 Å². The van der Waals surface area contributed by atoms with Crippen molar-refractivity contribution in [3.63, 3.8) is 0 Å². The van der Waals surface area contributed by atoms with Crippen LogP contribution in [0.4, 0.5) is 20.6 Å². The number of para-hydroxylation sites is 1. The first-order valence-electron chi connectivity index (χ1n) is 7.07. The Morgan fingerprint density at radius 2 is 1.78 bits per heavy atom. The van der Waals surface area contributed by atoms with Crippen molar-refractivity contribution in [1.82, 2.24) is 0 Å². The van der Waals surface area contributed by atoms with Gasteiger partial charge in [-0.25, -0.2) is 9.18 Å². The Labute approximate surface area is 134 Å². The largest absolute Gasteiger partial charge is 0.452 e. The van der Waals surface area contributed by atoms with Gasteiger partial charge in [0, 0.05) is 0 Å². The number of ether oxygens (including phenoxy) is 2. The van der Waals surface area contributed by atoms with Crippen LogP contribution in [0.15, 0.2) is 42.5 Å². The highest BCUT2D eigenvalue weighted by atomic mass is 19.1. The van der Waals surface area contributed by atoms with Crippen LogP contribution in [0.2, 0.25) is 0 Å². The van der Waals surface area contributed by atoms with Gasteiger partial charge in [-0.3, -0.25) is 5.32 Å². The molecule has 0 heterocycles. The lowest BCUT2D eigenvalue weighted by Crippen LogP contribution is -2.27. The Morgan fingerprint density at radius 3 is 2.39 bits per heavy atom. The molecule has 0 aliphatic heterocycles. The van der Waals surface area contributed by atoms with Gasteiger partial charge < -0.3 is 15.2 Å². The van der Waals surface area contributed by atoms with Gasteiger partial charge in [0.05, 0.1) is 11.4 Å². The predicted molar refractivity (Wildman–Crippen MR) is 87.2 cm³/mol. The number of nitrogen functional groups attached to an aromatic ring is 1. The summed E-state index contributed by atoms with van der Waals surface area (Å²) in [6.45, 7) is 5.15. The number of hydrogen-bond donors (Lipinski definition) is 2. The lowest BCUT2D eigenvalue weighted by molar-refractivity contribution is 0.0635. The van der Waals surface area contributed by atoms with Crippen LogP contribution < -0.4 is 15.8 Å². The summed E-state index contributed by atoms with van der Waals surface area (Å²) in [6.07, 6.45) is -0.758. The molecule has 122 valence electrons. The van der Waals surface area contributed by atoms with Gasteiger partial charge in [-0.05, 0) is 45.0 Å². The number of anilines is 2. The fourth-order valence-corrected chi connectivity index (χ4v) is 1.79. The molecule has 0 saturated carbocycles. The molecule has 0 bridgehead atoms. The summed E-state index contributed by atoms with van der Waals surface area (Å²) in [5.41, 5.74) is 5.13. The topological polar surface area (TPSA) is 73.6 Å². The standard InChI is InChI=1S/C17H19FN2O3/c1-17(2,3)23-16(21)20-13-10-9-12(19)15(14(13)18)22-11-7-5-4-6-8-11/h4-10H,19H2,1-3H3,(H,20,21). The molecule has 6 heteroatoms. The predicted octanol–water partition coefficient (Wildman–Crippen LogP) is 4.55. The molecular formula is C17H19FN2O3. The maximum Gasteiger partial charge on any atom is 0.412 e. The molecule has 0 unspecified atom stereocenters. The third-order valence-electron chi connectivity index (χ3n) is 2.73. The molecule has 0 aliphatic carbocycles. The molecule has 0 radical (unpaired) electrons. The number of nitrogens with one attached hydrogen (secondary N) is 1. The molecule has 2 aromatic rings. The van der Waals surface area contributed by atoms with Crippen molar-refractivity contribution in [2.75, 3.05) is 11.1 Å². The Balaban J connectivity index is 2.23. The van der Waals surface area contributed by atoms with Gasteiger partial charge in [0.1, 0.15) is 11.4 Å². The van der Waals surface area contributed by atoms with Crippen LogP contribution in [0.25, 0.3) is 0 Å². The molecule has 2 rings (SSSR count). The lowest BCUT2D eigenvalue weighted by atomic mass is 10.2. The number of nitrogens with two attached hydrogens (primary N) is 1. The number of amides is 1. The van der Waals surface area contributed by atoms with Crippen LogP contribution in [0.1, 0.15) is 20.8 Å². The zero-order valence-electron chi connectivity index (χ0n) is 13.2. The highest BCUT2D eigenvalue weighted by Gasteiger charge is 2.20. The van der Waals surface area contributed by atoms with E-state index in [2.05, 4.69) is 5.32 Å². The van der Waals surface area contributed by atoms with Crippen LogP contribution in [-0.4, -0.2) is 11.7 Å². The monoisotopic (exact) mass is 318 g/mol. The summed E-state index contributed by atoms with van der Waals surface area (Å²) in [4.78, 5) is 11.8. The third kappa shape index (κ3) is 4.60. The van der Waals surface area contributed by atoms with Gasteiger partial charge in [-0.2, -0.15) is 0 Å². The van der Waals surface area contributed by atoms with Crippen molar-refractivity contribution >= 4 is 17.5 Å². The number of carbonyl (C=O) groups is 1. The molecule has 0 aromatic heterocycles. The van der Waals surface area contributed by atoms with Crippen LogP contribution in [0.3, 0.4) is 0 Å². The van der Waals surface area contributed by atoms with Gasteiger partial charge in [0.25, 0.3) is 0 Å². The van der Waals surface area contributed by atoms with E-state index in [0.29, 0.717) is 5.75 Å². The highest BCUT2D eigenvalue weighted by Crippen LogP contribution is 2.34. The van der Waals surface area contributed by atoms with Gasteiger partial charge in [-0.15, -0.1) is 0 Å². The van der Waals surface area contributed by atoms with E-state index >= 15 is 0 Å². The maximum absolute atomic E-state index is 14.5. The molecule has 0 saturated heterocycles. The second-order valence-corrected chi connectivity index (χ2v) is 5.89. The van der Waals surface area contributed by atoms with E-state index in [1.54, 1.807) is 45.0 Å². The summed E-state index contributed by atoms with van der Waals surface area (Å²) in [5.74, 6) is -0.475. The second-order valence-electron chi connectivity index (χ2n) is 5.89. The van der Waals surface area contributed by atoms with Crippen molar-refractivity contribution in [2.45, 2.75) is 26.4 Å². The number of hydrogen-bond acceptors (Lipinski definition) is 4. The van der Waals surface area contributed by atoms with E-state index in [-0.39, 0.29) is 17.1 Å². The van der Waals surface area contributed by atoms with Crippen molar-refractivity contribution < 1.29 is 18.7 Å². The molecule has 3 N–H and O–H groups in total. The fourth-order valence-electron chi connectivity index (χ4n) is 1.79. The first-order chi connectivity index (χ1) is 10.8. The van der Waals surface area contributed by atoms with E-state index < -0.39 is 17.5 Å². The number of benzene rings is 2. The van der Waals surface area contributed by atoms with E-state index in [0.717, 1.165) is 0 Å². The van der Waals surface area contributed by atoms with Crippen LogP contribution in [0.5, 0.6) is 11.5 Å². The van der Waals surface area contributed by atoms with Crippen molar-refractivity contribution in [3.8, 4) is 11.5 Å². The summed E-state index contributed by atoms with van der Waals surface area (Å²) >= 11 is 0. The lowest BCUT2D eigenvalue weighted by Gasteiger charge is -2.20. The zero-order chi connectivity index (χ0) is 17.0. The number of halogens is 1. The van der Waals surface area contributed by atoms with E-state index in [1.807, 2.05) is 6.07 Å². The van der Waals surface area contributed by atoms with E-state index in [1.165, 1.54) is 12.1 Å². The molecule has 0 fully saturated rings. The van der Waals surface area contributed by atoms with E-state index in [4.69, 9.17) is 15.2 Å². The minimum Gasteiger partial charge on any atom is -0.452 e.